The maximum absolute atomic E-state index is 6.59. The van der Waals surface area contributed by atoms with Gasteiger partial charge < -0.3 is 0 Å². The van der Waals surface area contributed by atoms with Crippen LogP contribution in [0.4, 0.5) is 0 Å². The summed E-state index contributed by atoms with van der Waals surface area (Å²) in [5.41, 5.74) is 4.00. The number of benzene rings is 2. The van der Waals surface area contributed by atoms with E-state index in [2.05, 4.69) is 10.00 Å². The highest BCUT2D eigenvalue weighted by Gasteiger charge is 2.16. The molecule has 0 bridgehead atoms. The van der Waals surface area contributed by atoms with Gasteiger partial charge in [-0.25, -0.2) is 4.68 Å². The van der Waals surface area contributed by atoms with Crippen LogP contribution in [0.3, 0.4) is 0 Å². The Hall–Kier alpha value is -1.52. The lowest BCUT2D eigenvalue weighted by Gasteiger charge is -2.17. The van der Waals surface area contributed by atoms with Gasteiger partial charge in [-0.3, -0.25) is 4.90 Å². The summed E-state index contributed by atoms with van der Waals surface area (Å²) in [6.45, 7) is 3.41. The van der Waals surface area contributed by atoms with Crippen molar-refractivity contribution in [3.05, 3.63) is 80.6 Å². The molecule has 0 saturated heterocycles. The molecular weight excluding hydrogens is 377 g/mol. The zero-order valence-corrected chi connectivity index (χ0v) is 16.3. The van der Waals surface area contributed by atoms with Crippen LogP contribution in [0.15, 0.2) is 48.5 Å². The van der Waals surface area contributed by atoms with Gasteiger partial charge in [-0.1, -0.05) is 59.1 Å². The minimum Gasteiger partial charge on any atom is -0.298 e. The molecule has 0 aliphatic carbocycles. The lowest BCUT2D eigenvalue weighted by molar-refractivity contribution is 0.318. The van der Waals surface area contributed by atoms with E-state index in [4.69, 9.17) is 34.8 Å². The highest BCUT2D eigenvalue weighted by molar-refractivity contribution is 6.42. The fourth-order valence-electron chi connectivity index (χ4n) is 2.73. The van der Waals surface area contributed by atoms with Crippen LogP contribution < -0.4 is 0 Å². The number of halogens is 3. The highest BCUT2D eigenvalue weighted by Crippen LogP contribution is 2.26. The fourth-order valence-corrected chi connectivity index (χ4v) is 3.38. The average molecular weight is 395 g/mol. The molecule has 3 aromatic rings. The second kappa shape index (κ2) is 7.79. The SMILES string of the molecule is Cc1nn(-c2ccccc2)c(Cl)c1CN(C)Cc1ccc(Cl)c(Cl)c1. The van der Waals surface area contributed by atoms with Crippen LogP contribution >= 0.6 is 34.8 Å². The third-order valence-electron chi connectivity index (χ3n) is 3.99. The zero-order chi connectivity index (χ0) is 18.0. The third kappa shape index (κ3) is 4.18. The minimum atomic E-state index is 0.566. The first-order chi connectivity index (χ1) is 12.0. The first-order valence-corrected chi connectivity index (χ1v) is 9.01. The predicted molar refractivity (Wildman–Crippen MR) is 105 cm³/mol. The van der Waals surface area contributed by atoms with Crippen LogP contribution in [0.5, 0.6) is 0 Å². The summed E-state index contributed by atoms with van der Waals surface area (Å²) in [4.78, 5) is 2.17. The maximum atomic E-state index is 6.59. The summed E-state index contributed by atoms with van der Waals surface area (Å²) in [6, 6.07) is 15.6. The molecule has 3 nitrogen and oxygen atoms in total. The Kier molecular flexibility index (Phi) is 5.70. The van der Waals surface area contributed by atoms with Gasteiger partial charge in [0.2, 0.25) is 0 Å². The molecule has 0 amide bonds. The molecule has 0 unspecified atom stereocenters. The molecule has 0 aliphatic heterocycles. The molecule has 0 atom stereocenters. The van der Waals surface area contributed by atoms with Gasteiger partial charge in [0, 0.05) is 18.7 Å². The van der Waals surface area contributed by atoms with Crippen LogP contribution in [0.2, 0.25) is 15.2 Å². The molecule has 0 aliphatic rings. The van der Waals surface area contributed by atoms with Crippen LogP contribution in [-0.4, -0.2) is 21.7 Å². The monoisotopic (exact) mass is 393 g/mol. The van der Waals surface area contributed by atoms with Gasteiger partial charge >= 0.3 is 0 Å². The first-order valence-electron chi connectivity index (χ1n) is 7.87. The second-order valence-corrected chi connectivity index (χ2v) is 7.20. The van der Waals surface area contributed by atoms with Crippen molar-refractivity contribution in [3.8, 4) is 5.69 Å². The summed E-state index contributed by atoms with van der Waals surface area (Å²) >= 11 is 18.7. The minimum absolute atomic E-state index is 0.566. The van der Waals surface area contributed by atoms with Crippen molar-refractivity contribution >= 4 is 34.8 Å². The van der Waals surface area contributed by atoms with Crippen molar-refractivity contribution in [1.29, 1.82) is 0 Å². The van der Waals surface area contributed by atoms with Gasteiger partial charge in [0.15, 0.2) is 0 Å². The fraction of sp³-hybridized carbons (Fsp3) is 0.211. The van der Waals surface area contributed by atoms with E-state index in [1.165, 1.54) is 0 Å². The second-order valence-electron chi connectivity index (χ2n) is 6.02. The van der Waals surface area contributed by atoms with Gasteiger partial charge in [-0.2, -0.15) is 5.10 Å². The number of para-hydroxylation sites is 1. The lowest BCUT2D eigenvalue weighted by atomic mass is 10.2. The van der Waals surface area contributed by atoms with E-state index >= 15 is 0 Å². The van der Waals surface area contributed by atoms with Gasteiger partial charge in [-0.15, -0.1) is 0 Å². The number of hydrogen-bond acceptors (Lipinski definition) is 2. The van der Waals surface area contributed by atoms with Crippen molar-refractivity contribution in [2.45, 2.75) is 20.0 Å². The quantitative estimate of drug-likeness (QED) is 0.547. The topological polar surface area (TPSA) is 21.1 Å². The summed E-state index contributed by atoms with van der Waals surface area (Å²) in [5, 5.41) is 6.36. The molecule has 1 heterocycles. The van der Waals surface area contributed by atoms with E-state index in [-0.39, 0.29) is 0 Å². The lowest BCUT2D eigenvalue weighted by Crippen LogP contribution is -2.17. The van der Waals surface area contributed by atoms with E-state index in [1.807, 2.05) is 62.5 Å². The van der Waals surface area contributed by atoms with Crippen LogP contribution in [0.1, 0.15) is 16.8 Å². The van der Waals surface area contributed by atoms with Crippen LogP contribution in [0, 0.1) is 6.92 Å². The molecule has 0 N–H and O–H groups in total. The molecule has 130 valence electrons. The molecule has 25 heavy (non-hydrogen) atoms. The van der Waals surface area contributed by atoms with Crippen LogP contribution in [-0.2, 0) is 13.1 Å². The van der Waals surface area contributed by atoms with Gasteiger partial charge in [0.25, 0.3) is 0 Å². The molecule has 0 radical (unpaired) electrons. The number of hydrogen-bond donors (Lipinski definition) is 0. The molecule has 6 heteroatoms. The Morgan fingerprint density at radius 2 is 1.68 bits per heavy atom. The third-order valence-corrected chi connectivity index (χ3v) is 5.11. The normalized spacial score (nSPS) is 11.3. The molecule has 2 aromatic carbocycles. The number of nitrogens with zero attached hydrogens (tertiary/aromatic N) is 3. The Bertz CT molecular complexity index is 875. The van der Waals surface area contributed by atoms with E-state index in [0.29, 0.717) is 21.7 Å². The van der Waals surface area contributed by atoms with Crippen LogP contribution in [0.25, 0.3) is 5.69 Å². The summed E-state index contributed by atoms with van der Waals surface area (Å²) in [5.74, 6) is 0. The van der Waals surface area contributed by atoms with Crippen molar-refractivity contribution in [2.24, 2.45) is 0 Å². The smallest absolute Gasteiger partial charge is 0.137 e. The Balaban J connectivity index is 1.78. The summed E-state index contributed by atoms with van der Waals surface area (Å²) in [6.07, 6.45) is 0. The van der Waals surface area contributed by atoms with Crippen molar-refractivity contribution in [1.82, 2.24) is 14.7 Å². The number of aryl methyl sites for hydroxylation is 1. The van der Waals surface area contributed by atoms with Gasteiger partial charge in [0.1, 0.15) is 5.15 Å². The van der Waals surface area contributed by atoms with E-state index in [1.54, 1.807) is 4.68 Å². The molecular formula is C19H18Cl3N3. The summed E-state index contributed by atoms with van der Waals surface area (Å²) < 4.78 is 1.78. The van der Waals surface area contributed by atoms with Crippen molar-refractivity contribution in [3.63, 3.8) is 0 Å². The zero-order valence-electron chi connectivity index (χ0n) is 14.0. The predicted octanol–water partition coefficient (Wildman–Crippen LogP) is 5.77. The van der Waals surface area contributed by atoms with E-state index < -0.39 is 0 Å². The van der Waals surface area contributed by atoms with Gasteiger partial charge in [0.05, 0.1) is 21.4 Å². The highest BCUT2D eigenvalue weighted by atomic mass is 35.5. The van der Waals surface area contributed by atoms with E-state index in [0.717, 1.165) is 29.1 Å². The van der Waals surface area contributed by atoms with Crippen molar-refractivity contribution in [2.75, 3.05) is 7.05 Å². The van der Waals surface area contributed by atoms with Gasteiger partial charge in [-0.05, 0) is 43.8 Å². The Morgan fingerprint density at radius 1 is 0.960 bits per heavy atom. The van der Waals surface area contributed by atoms with Crippen molar-refractivity contribution < 1.29 is 0 Å². The molecule has 0 fully saturated rings. The largest absolute Gasteiger partial charge is 0.298 e. The number of aromatic nitrogens is 2. The molecule has 3 rings (SSSR count). The Morgan fingerprint density at radius 3 is 2.36 bits per heavy atom. The number of rotatable bonds is 5. The molecule has 0 spiro atoms. The molecule has 0 saturated carbocycles. The first kappa shape index (κ1) is 18.3. The maximum Gasteiger partial charge on any atom is 0.137 e. The Labute approximate surface area is 162 Å². The van der Waals surface area contributed by atoms with E-state index in [9.17, 15) is 0 Å². The summed E-state index contributed by atoms with van der Waals surface area (Å²) in [7, 11) is 2.04. The average Bonchev–Trinajstić information content (AvgIpc) is 2.87. The molecule has 1 aromatic heterocycles. The standard InChI is InChI=1S/C19H18Cl3N3/c1-13-16(19(22)25(23-13)15-6-4-3-5-7-15)12-24(2)11-14-8-9-17(20)18(21)10-14/h3-10H,11-12H2,1-2H3.